The van der Waals surface area contributed by atoms with Crippen LogP contribution >= 0.6 is 23.2 Å². The highest BCUT2D eigenvalue weighted by atomic mass is 35.5. The molecule has 12 heteroatoms. The summed E-state index contributed by atoms with van der Waals surface area (Å²) in [6, 6.07) is 14.9. The summed E-state index contributed by atoms with van der Waals surface area (Å²) in [5.41, 5.74) is 4.35. The summed E-state index contributed by atoms with van der Waals surface area (Å²) in [5.74, 6) is -1.54. The number of amides is 3. The zero-order valence-corrected chi connectivity index (χ0v) is 22.9. The number of rotatable bonds is 10. The van der Waals surface area contributed by atoms with Crippen LogP contribution in [0.1, 0.15) is 18.1 Å². The number of nitrogens with one attached hydrogen (secondary N) is 3. The van der Waals surface area contributed by atoms with Gasteiger partial charge in [-0.3, -0.25) is 14.4 Å². The molecule has 0 unspecified atom stereocenters. The van der Waals surface area contributed by atoms with E-state index in [9.17, 15) is 14.4 Å². The molecule has 0 aromatic heterocycles. The highest BCUT2D eigenvalue weighted by molar-refractivity contribution is 6.39. The average Bonchev–Trinajstić information content (AvgIpc) is 2.91. The topological polar surface area (TPSA) is 127 Å². The van der Waals surface area contributed by atoms with Gasteiger partial charge >= 0.3 is 11.8 Å². The number of benzene rings is 3. The summed E-state index contributed by atoms with van der Waals surface area (Å²) in [6.45, 7) is 3.72. The molecule has 3 aromatic carbocycles. The second kappa shape index (κ2) is 14.0. The monoisotopic (exact) mass is 572 g/mol. The molecule has 0 fully saturated rings. The van der Waals surface area contributed by atoms with E-state index in [2.05, 4.69) is 21.2 Å². The molecule has 0 bridgehead atoms. The SMILES string of the molecule is CCOc1ccccc1NC(=O)C(=O)N/N=C\c1cc(Cl)c(OCC(=O)Nc2ccc(C)c(Cl)c2)c(OC)c1. The Morgan fingerprint density at radius 3 is 2.41 bits per heavy atom. The Morgan fingerprint density at radius 1 is 0.923 bits per heavy atom. The van der Waals surface area contributed by atoms with Gasteiger partial charge < -0.3 is 24.8 Å². The summed E-state index contributed by atoms with van der Waals surface area (Å²) in [7, 11) is 1.40. The predicted molar refractivity (Wildman–Crippen MR) is 150 cm³/mol. The molecule has 0 spiro atoms. The fraction of sp³-hybridized carbons (Fsp3) is 0.185. The van der Waals surface area contributed by atoms with E-state index in [4.69, 9.17) is 37.4 Å². The molecule has 0 saturated carbocycles. The largest absolute Gasteiger partial charge is 0.493 e. The fourth-order valence-electron chi connectivity index (χ4n) is 3.21. The maximum atomic E-state index is 12.3. The van der Waals surface area contributed by atoms with Crippen LogP contribution in [0.4, 0.5) is 11.4 Å². The Kier molecular flexibility index (Phi) is 10.5. The van der Waals surface area contributed by atoms with Crippen LogP contribution in [-0.4, -0.2) is 44.3 Å². The molecule has 0 radical (unpaired) electrons. The van der Waals surface area contributed by atoms with Gasteiger partial charge in [0.1, 0.15) is 5.75 Å². The molecule has 3 aromatic rings. The second-order valence-electron chi connectivity index (χ2n) is 7.92. The molecule has 204 valence electrons. The van der Waals surface area contributed by atoms with E-state index in [-0.39, 0.29) is 23.1 Å². The first-order valence-electron chi connectivity index (χ1n) is 11.6. The summed E-state index contributed by atoms with van der Waals surface area (Å²) in [4.78, 5) is 36.7. The average molecular weight is 573 g/mol. The first-order valence-corrected chi connectivity index (χ1v) is 12.4. The van der Waals surface area contributed by atoms with Crippen molar-refractivity contribution in [3.63, 3.8) is 0 Å². The number of aryl methyl sites for hydroxylation is 1. The molecule has 0 aliphatic rings. The van der Waals surface area contributed by atoms with E-state index in [1.165, 1.54) is 25.5 Å². The molecule has 0 aliphatic carbocycles. The van der Waals surface area contributed by atoms with Gasteiger partial charge in [-0.25, -0.2) is 5.43 Å². The number of hydrazone groups is 1. The van der Waals surface area contributed by atoms with Gasteiger partial charge in [0.2, 0.25) is 0 Å². The number of para-hydroxylation sites is 2. The van der Waals surface area contributed by atoms with Crippen LogP contribution in [0, 0.1) is 6.92 Å². The number of halogens is 2. The molecule has 3 N–H and O–H groups in total. The van der Waals surface area contributed by atoms with Gasteiger partial charge in [0.25, 0.3) is 5.91 Å². The van der Waals surface area contributed by atoms with Gasteiger partial charge in [0.05, 0.1) is 30.6 Å². The van der Waals surface area contributed by atoms with E-state index in [1.807, 2.05) is 6.92 Å². The second-order valence-corrected chi connectivity index (χ2v) is 8.73. The van der Waals surface area contributed by atoms with Gasteiger partial charge in [0, 0.05) is 10.7 Å². The molecule has 3 amide bonds. The number of ether oxygens (including phenoxy) is 3. The molecular formula is C27H26Cl2N4O6. The number of carbonyl (C=O) groups is 3. The minimum Gasteiger partial charge on any atom is -0.493 e. The summed E-state index contributed by atoms with van der Waals surface area (Å²) in [5, 5.41) is 9.62. The van der Waals surface area contributed by atoms with Gasteiger partial charge in [-0.1, -0.05) is 41.4 Å². The van der Waals surface area contributed by atoms with E-state index in [0.29, 0.717) is 34.3 Å². The van der Waals surface area contributed by atoms with Crippen LogP contribution in [0.2, 0.25) is 10.0 Å². The van der Waals surface area contributed by atoms with Crippen molar-refractivity contribution in [1.29, 1.82) is 0 Å². The Morgan fingerprint density at radius 2 is 1.69 bits per heavy atom. The van der Waals surface area contributed by atoms with Gasteiger partial charge in [-0.15, -0.1) is 0 Å². The summed E-state index contributed by atoms with van der Waals surface area (Å²) >= 11 is 12.4. The van der Waals surface area contributed by atoms with Crippen LogP contribution in [0.5, 0.6) is 17.2 Å². The quantitative estimate of drug-likeness (QED) is 0.181. The third-order valence-corrected chi connectivity index (χ3v) is 5.76. The highest BCUT2D eigenvalue weighted by Crippen LogP contribution is 2.36. The van der Waals surface area contributed by atoms with Crippen LogP contribution in [0.15, 0.2) is 59.7 Å². The minimum atomic E-state index is -0.989. The van der Waals surface area contributed by atoms with Crippen LogP contribution < -0.4 is 30.3 Å². The maximum absolute atomic E-state index is 12.3. The van der Waals surface area contributed by atoms with Gasteiger partial charge in [-0.05, 0) is 61.4 Å². The number of hydrogen-bond donors (Lipinski definition) is 3. The van der Waals surface area contributed by atoms with Gasteiger partial charge in [0.15, 0.2) is 18.1 Å². The van der Waals surface area contributed by atoms with Crippen LogP contribution in [0.3, 0.4) is 0 Å². The van der Waals surface area contributed by atoms with E-state index >= 15 is 0 Å². The zero-order chi connectivity index (χ0) is 28.4. The Bertz CT molecular complexity index is 1400. The lowest BCUT2D eigenvalue weighted by atomic mass is 10.2. The van der Waals surface area contributed by atoms with E-state index in [0.717, 1.165) is 5.56 Å². The standard InChI is InChI=1S/C27H26Cl2N4O6/c1-4-38-22-8-6-5-7-21(22)32-26(35)27(36)33-30-14-17-11-20(29)25(23(12-17)37-3)39-15-24(34)31-18-10-9-16(2)19(28)13-18/h5-14H,4,15H2,1-3H3,(H,31,34)(H,32,35)(H,33,36)/b30-14-. The molecule has 0 heterocycles. The lowest BCUT2D eigenvalue weighted by Gasteiger charge is -2.13. The third-order valence-electron chi connectivity index (χ3n) is 5.08. The van der Waals surface area contributed by atoms with Crippen molar-refractivity contribution in [3.05, 3.63) is 75.8 Å². The first-order chi connectivity index (χ1) is 18.7. The number of nitrogens with zero attached hydrogens (tertiary/aromatic N) is 1. The van der Waals surface area contributed by atoms with Crippen molar-refractivity contribution in [1.82, 2.24) is 5.43 Å². The summed E-state index contributed by atoms with van der Waals surface area (Å²) < 4.78 is 16.3. The lowest BCUT2D eigenvalue weighted by molar-refractivity contribution is -0.136. The van der Waals surface area contributed by atoms with Crippen molar-refractivity contribution in [3.8, 4) is 17.2 Å². The third kappa shape index (κ3) is 8.36. The number of methoxy groups -OCH3 is 1. The maximum Gasteiger partial charge on any atom is 0.329 e. The number of carbonyl (C=O) groups excluding carboxylic acids is 3. The molecule has 0 aliphatic heterocycles. The van der Waals surface area contributed by atoms with E-state index < -0.39 is 17.7 Å². The normalized spacial score (nSPS) is 10.6. The summed E-state index contributed by atoms with van der Waals surface area (Å²) in [6.07, 6.45) is 1.27. The first kappa shape index (κ1) is 29.3. The Labute approximate surface area is 235 Å². The smallest absolute Gasteiger partial charge is 0.329 e. The van der Waals surface area contributed by atoms with Crippen molar-refractivity contribution >= 4 is 58.5 Å². The minimum absolute atomic E-state index is 0.138. The lowest BCUT2D eigenvalue weighted by Crippen LogP contribution is -2.32. The highest BCUT2D eigenvalue weighted by Gasteiger charge is 2.16. The molecule has 3 rings (SSSR count). The Hall–Kier alpha value is -4.28. The fourth-order valence-corrected chi connectivity index (χ4v) is 3.66. The van der Waals surface area contributed by atoms with Crippen LogP contribution in [-0.2, 0) is 14.4 Å². The number of anilines is 2. The molecular weight excluding hydrogens is 547 g/mol. The molecule has 0 saturated heterocycles. The van der Waals surface area contributed by atoms with Crippen molar-refractivity contribution in [2.75, 3.05) is 31.0 Å². The van der Waals surface area contributed by atoms with Crippen molar-refractivity contribution < 1.29 is 28.6 Å². The van der Waals surface area contributed by atoms with Gasteiger partial charge in [-0.2, -0.15) is 5.10 Å². The van der Waals surface area contributed by atoms with E-state index in [1.54, 1.807) is 49.4 Å². The van der Waals surface area contributed by atoms with Crippen molar-refractivity contribution in [2.45, 2.75) is 13.8 Å². The predicted octanol–water partition coefficient (Wildman–Crippen LogP) is 4.82. The van der Waals surface area contributed by atoms with Crippen molar-refractivity contribution in [2.24, 2.45) is 5.10 Å². The molecule has 0 atom stereocenters. The number of hydrogen-bond acceptors (Lipinski definition) is 7. The van der Waals surface area contributed by atoms with Crippen LogP contribution in [0.25, 0.3) is 0 Å². The molecule has 10 nitrogen and oxygen atoms in total. The Balaban J connectivity index is 1.59. The zero-order valence-electron chi connectivity index (χ0n) is 21.3. The molecule has 39 heavy (non-hydrogen) atoms.